The summed E-state index contributed by atoms with van der Waals surface area (Å²) in [4.78, 5) is 0. The number of aliphatic hydroxyl groups excluding tert-OH is 1. The topological polar surface area (TPSA) is 38.3 Å². The molecule has 25 heavy (non-hydrogen) atoms. The molecule has 1 aromatic heterocycles. The Kier molecular flexibility index (Phi) is 5.39. The van der Waals surface area contributed by atoms with Gasteiger partial charge in [-0.2, -0.15) is 0 Å². The highest BCUT2D eigenvalue weighted by atomic mass is 16.5. The van der Waals surface area contributed by atoms with Gasteiger partial charge in [0, 0.05) is 6.42 Å². The first-order chi connectivity index (χ1) is 12.1. The first-order valence-corrected chi connectivity index (χ1v) is 9.01. The normalized spacial score (nSPS) is 12.5. The van der Waals surface area contributed by atoms with E-state index < -0.39 is 6.10 Å². The lowest BCUT2D eigenvalue weighted by Crippen LogP contribution is -2.44. The maximum Gasteiger partial charge on any atom is 0.257 e. The molecule has 0 saturated carbocycles. The summed E-state index contributed by atoms with van der Waals surface area (Å²) in [6.45, 7) is 8.10. The Bertz CT molecular complexity index is 837. The van der Waals surface area contributed by atoms with E-state index in [9.17, 15) is 5.11 Å². The van der Waals surface area contributed by atoms with Gasteiger partial charge in [-0.1, -0.05) is 36.8 Å². The van der Waals surface area contributed by atoms with Gasteiger partial charge in [0.25, 0.3) is 5.82 Å². The molecule has 0 bridgehead atoms. The predicted molar refractivity (Wildman–Crippen MR) is 99.9 cm³/mol. The minimum Gasteiger partial charge on any atom is -0.491 e. The van der Waals surface area contributed by atoms with E-state index in [1.807, 2.05) is 37.3 Å². The molecule has 132 valence electrons. The summed E-state index contributed by atoms with van der Waals surface area (Å²) >= 11 is 0. The Morgan fingerprint density at radius 2 is 1.80 bits per heavy atom. The molecule has 0 aliphatic heterocycles. The second-order valence-corrected chi connectivity index (χ2v) is 6.39. The Morgan fingerprint density at radius 1 is 1.08 bits per heavy atom. The molecule has 4 nitrogen and oxygen atoms in total. The van der Waals surface area contributed by atoms with Crippen molar-refractivity contribution < 1.29 is 14.4 Å². The molecule has 1 N–H and O–H groups in total. The number of ether oxygens (including phenoxy) is 1. The molecular formula is C21H27N2O2+. The highest BCUT2D eigenvalue weighted by Crippen LogP contribution is 2.16. The van der Waals surface area contributed by atoms with Crippen LogP contribution in [0.15, 0.2) is 48.5 Å². The fourth-order valence-corrected chi connectivity index (χ4v) is 3.37. The van der Waals surface area contributed by atoms with Crippen molar-refractivity contribution in [3.05, 3.63) is 59.9 Å². The Balaban J connectivity index is 1.78. The molecule has 0 aliphatic rings. The summed E-state index contributed by atoms with van der Waals surface area (Å²) in [5, 5.41) is 10.5. The Morgan fingerprint density at radius 3 is 2.48 bits per heavy atom. The summed E-state index contributed by atoms with van der Waals surface area (Å²) in [5.74, 6) is 2.03. The first-order valence-electron chi connectivity index (χ1n) is 9.01. The second-order valence-electron chi connectivity index (χ2n) is 6.39. The van der Waals surface area contributed by atoms with Crippen molar-refractivity contribution in [1.29, 1.82) is 0 Å². The lowest BCUT2D eigenvalue weighted by Gasteiger charge is -2.12. The van der Waals surface area contributed by atoms with Gasteiger partial charge in [0.2, 0.25) is 0 Å². The van der Waals surface area contributed by atoms with E-state index in [2.05, 4.69) is 41.2 Å². The summed E-state index contributed by atoms with van der Waals surface area (Å²) in [6.07, 6.45) is 0.362. The van der Waals surface area contributed by atoms with Crippen LogP contribution in [-0.2, 0) is 19.5 Å². The quantitative estimate of drug-likeness (QED) is 0.671. The molecule has 0 aliphatic carbocycles. The van der Waals surface area contributed by atoms with Crippen molar-refractivity contribution in [2.75, 3.05) is 6.61 Å². The van der Waals surface area contributed by atoms with Gasteiger partial charge in [0.15, 0.2) is 11.0 Å². The maximum atomic E-state index is 10.5. The van der Waals surface area contributed by atoms with Crippen molar-refractivity contribution in [1.82, 2.24) is 4.57 Å². The number of aromatic nitrogens is 2. The number of benzene rings is 2. The van der Waals surface area contributed by atoms with E-state index in [-0.39, 0.29) is 6.61 Å². The van der Waals surface area contributed by atoms with Gasteiger partial charge in [-0.15, -0.1) is 0 Å². The van der Waals surface area contributed by atoms with Crippen molar-refractivity contribution in [2.45, 2.75) is 46.4 Å². The molecule has 1 heterocycles. The lowest BCUT2D eigenvalue weighted by atomic mass is 10.2. The molecule has 3 rings (SSSR count). The van der Waals surface area contributed by atoms with E-state index in [1.54, 1.807) is 0 Å². The van der Waals surface area contributed by atoms with Crippen LogP contribution in [0.25, 0.3) is 11.0 Å². The van der Waals surface area contributed by atoms with Crippen LogP contribution in [0.3, 0.4) is 0 Å². The largest absolute Gasteiger partial charge is 0.491 e. The maximum absolute atomic E-state index is 10.5. The molecular weight excluding hydrogens is 312 g/mol. The Hall–Kier alpha value is -2.33. The second kappa shape index (κ2) is 7.70. The van der Waals surface area contributed by atoms with Gasteiger partial charge >= 0.3 is 0 Å². The number of rotatable bonds is 7. The zero-order chi connectivity index (χ0) is 17.8. The number of imidazole rings is 1. The van der Waals surface area contributed by atoms with Gasteiger partial charge in [-0.05, 0) is 38.1 Å². The minimum atomic E-state index is -0.562. The third-order valence-corrected chi connectivity index (χ3v) is 4.58. The smallest absolute Gasteiger partial charge is 0.257 e. The van der Waals surface area contributed by atoms with Gasteiger partial charge in [-0.25, -0.2) is 9.13 Å². The molecule has 0 spiro atoms. The fourth-order valence-electron chi connectivity index (χ4n) is 3.37. The average Bonchev–Trinajstić information content (AvgIpc) is 2.94. The average molecular weight is 339 g/mol. The summed E-state index contributed by atoms with van der Waals surface area (Å²) < 4.78 is 10.3. The molecule has 0 radical (unpaired) electrons. The van der Waals surface area contributed by atoms with Crippen molar-refractivity contribution in [2.24, 2.45) is 0 Å². The van der Waals surface area contributed by atoms with E-state index in [0.717, 1.165) is 24.2 Å². The summed E-state index contributed by atoms with van der Waals surface area (Å²) in [6, 6.07) is 16.3. The monoisotopic (exact) mass is 339 g/mol. The van der Waals surface area contributed by atoms with Crippen LogP contribution in [0.4, 0.5) is 0 Å². The number of aliphatic hydroxyl groups is 1. The standard InChI is InChI=1S/C21H27N2O2/c1-4-21-22(5-2)19-8-6-7-9-20(19)23(21)14-17(24)15-25-18-12-10-16(3)11-13-18/h6-13,17,24H,4-5,14-15H2,1-3H3/q+1/t17-/m1/s1. The molecule has 2 aromatic carbocycles. The van der Waals surface area contributed by atoms with E-state index in [4.69, 9.17) is 4.74 Å². The molecule has 3 aromatic rings. The number of fused-ring (bicyclic) bond motifs is 1. The van der Waals surface area contributed by atoms with Gasteiger partial charge in [-0.3, -0.25) is 0 Å². The summed E-state index contributed by atoms with van der Waals surface area (Å²) in [7, 11) is 0. The Labute approximate surface area is 149 Å². The third-order valence-electron chi connectivity index (χ3n) is 4.58. The van der Waals surface area contributed by atoms with Gasteiger partial charge < -0.3 is 9.84 Å². The zero-order valence-electron chi connectivity index (χ0n) is 15.3. The number of aryl methyl sites for hydroxylation is 2. The SMILES string of the molecule is CCc1n(CC)c2ccccc2[n+]1C[C@@H](O)COc1ccc(C)cc1. The van der Waals surface area contributed by atoms with Crippen LogP contribution >= 0.6 is 0 Å². The third kappa shape index (κ3) is 3.69. The number of para-hydroxylation sites is 2. The fraction of sp³-hybridized carbons (Fsp3) is 0.381. The van der Waals surface area contributed by atoms with Crippen LogP contribution in [-0.4, -0.2) is 22.4 Å². The number of hydrogen-bond acceptors (Lipinski definition) is 2. The minimum absolute atomic E-state index is 0.283. The van der Waals surface area contributed by atoms with Crippen LogP contribution < -0.4 is 9.30 Å². The van der Waals surface area contributed by atoms with Crippen LogP contribution in [0.1, 0.15) is 25.2 Å². The molecule has 0 fully saturated rings. The van der Waals surface area contributed by atoms with Crippen LogP contribution in [0.5, 0.6) is 5.75 Å². The highest BCUT2D eigenvalue weighted by molar-refractivity contribution is 5.72. The van der Waals surface area contributed by atoms with Crippen LogP contribution in [0.2, 0.25) is 0 Å². The molecule has 1 atom stereocenters. The van der Waals surface area contributed by atoms with Crippen molar-refractivity contribution in [3.8, 4) is 5.75 Å². The highest BCUT2D eigenvalue weighted by Gasteiger charge is 2.24. The van der Waals surface area contributed by atoms with E-state index in [0.29, 0.717) is 6.54 Å². The first kappa shape index (κ1) is 17.5. The van der Waals surface area contributed by atoms with E-state index in [1.165, 1.54) is 16.9 Å². The van der Waals surface area contributed by atoms with Gasteiger partial charge in [0.05, 0.1) is 6.54 Å². The molecule has 0 saturated heterocycles. The lowest BCUT2D eigenvalue weighted by molar-refractivity contribution is -0.686. The molecule has 0 amide bonds. The van der Waals surface area contributed by atoms with Crippen molar-refractivity contribution in [3.63, 3.8) is 0 Å². The number of nitrogens with zero attached hydrogens (tertiary/aromatic N) is 2. The van der Waals surface area contributed by atoms with Crippen LogP contribution in [0, 0.1) is 6.92 Å². The molecule has 0 unspecified atom stereocenters. The van der Waals surface area contributed by atoms with Gasteiger partial charge in [0.1, 0.15) is 25.0 Å². The predicted octanol–water partition coefficient (Wildman–Crippen LogP) is 3.26. The molecule has 4 heteroatoms. The van der Waals surface area contributed by atoms with E-state index >= 15 is 0 Å². The van der Waals surface area contributed by atoms with Crippen molar-refractivity contribution >= 4 is 11.0 Å². The zero-order valence-corrected chi connectivity index (χ0v) is 15.3. The summed E-state index contributed by atoms with van der Waals surface area (Å²) in [5.41, 5.74) is 3.58. The number of hydrogen-bond donors (Lipinski definition) is 1.